The maximum Gasteiger partial charge on any atom is 0.416 e. The second-order valence-corrected chi connectivity index (χ2v) is 7.57. The number of morpholine rings is 1. The first-order valence-electron chi connectivity index (χ1n) is 10.3. The number of rotatable bonds is 7. The SMILES string of the molecule is COCCN(C[C@H]1CN(C(=O)c2ccc(C(F)(F)F)cc2)CCO1)C(=O)c1cccc(F)c1. The lowest BCUT2D eigenvalue weighted by atomic mass is 10.1. The van der Waals surface area contributed by atoms with Crippen molar-refractivity contribution in [2.75, 3.05) is 46.5 Å². The van der Waals surface area contributed by atoms with Gasteiger partial charge in [-0.2, -0.15) is 13.2 Å². The van der Waals surface area contributed by atoms with Gasteiger partial charge in [-0.3, -0.25) is 9.59 Å². The van der Waals surface area contributed by atoms with Crippen LogP contribution < -0.4 is 0 Å². The van der Waals surface area contributed by atoms with Gasteiger partial charge in [0.25, 0.3) is 11.8 Å². The van der Waals surface area contributed by atoms with Crippen molar-refractivity contribution in [1.29, 1.82) is 0 Å². The highest BCUT2D eigenvalue weighted by Crippen LogP contribution is 2.29. The summed E-state index contributed by atoms with van der Waals surface area (Å²) >= 11 is 0. The molecule has 0 aliphatic carbocycles. The largest absolute Gasteiger partial charge is 0.416 e. The van der Waals surface area contributed by atoms with Crippen LogP contribution in [0.25, 0.3) is 0 Å². The molecule has 2 amide bonds. The van der Waals surface area contributed by atoms with E-state index in [4.69, 9.17) is 9.47 Å². The standard InChI is InChI=1S/C23H24F4N2O4/c1-32-11-9-28(22(31)17-3-2-4-19(24)13-17)14-20-15-29(10-12-33-20)21(30)16-5-7-18(8-6-16)23(25,26)27/h2-8,13,20H,9-12,14-15H2,1H3/t20-/m0/s1. The molecule has 33 heavy (non-hydrogen) atoms. The Morgan fingerprint density at radius 1 is 1.15 bits per heavy atom. The average Bonchev–Trinajstić information content (AvgIpc) is 2.80. The number of halogens is 4. The molecule has 1 atom stereocenters. The van der Waals surface area contributed by atoms with E-state index in [0.29, 0.717) is 0 Å². The first-order chi connectivity index (χ1) is 15.7. The van der Waals surface area contributed by atoms with Crippen molar-refractivity contribution in [3.8, 4) is 0 Å². The molecular weight excluding hydrogens is 444 g/mol. The topological polar surface area (TPSA) is 59.1 Å². The van der Waals surface area contributed by atoms with E-state index < -0.39 is 35.5 Å². The van der Waals surface area contributed by atoms with Gasteiger partial charge in [-0.05, 0) is 42.5 Å². The van der Waals surface area contributed by atoms with E-state index in [2.05, 4.69) is 0 Å². The molecule has 1 fully saturated rings. The predicted molar refractivity (Wildman–Crippen MR) is 111 cm³/mol. The zero-order valence-electron chi connectivity index (χ0n) is 18.0. The summed E-state index contributed by atoms with van der Waals surface area (Å²) < 4.78 is 62.7. The summed E-state index contributed by atoms with van der Waals surface area (Å²) in [4.78, 5) is 28.7. The summed E-state index contributed by atoms with van der Waals surface area (Å²) in [5.41, 5.74) is -0.515. The Morgan fingerprint density at radius 3 is 2.52 bits per heavy atom. The molecular formula is C23H24F4N2O4. The molecule has 0 unspecified atom stereocenters. The number of hydrogen-bond donors (Lipinski definition) is 0. The third-order valence-electron chi connectivity index (χ3n) is 5.23. The van der Waals surface area contributed by atoms with E-state index in [9.17, 15) is 27.2 Å². The summed E-state index contributed by atoms with van der Waals surface area (Å²) in [6.45, 7) is 1.26. The van der Waals surface area contributed by atoms with Crippen LogP contribution in [-0.2, 0) is 15.7 Å². The van der Waals surface area contributed by atoms with Crippen LogP contribution in [0, 0.1) is 5.82 Å². The molecule has 1 heterocycles. The molecule has 0 saturated carbocycles. The van der Waals surface area contributed by atoms with E-state index in [1.807, 2.05) is 0 Å². The molecule has 1 saturated heterocycles. The Kier molecular flexibility index (Phi) is 8.04. The van der Waals surface area contributed by atoms with Gasteiger partial charge in [0.1, 0.15) is 5.82 Å². The average molecular weight is 468 g/mol. The van der Waals surface area contributed by atoms with Gasteiger partial charge in [-0.25, -0.2) is 4.39 Å². The summed E-state index contributed by atoms with van der Waals surface area (Å²) in [5, 5.41) is 0. The fourth-order valence-electron chi connectivity index (χ4n) is 3.53. The lowest BCUT2D eigenvalue weighted by Crippen LogP contribution is -2.51. The van der Waals surface area contributed by atoms with Crippen molar-refractivity contribution in [3.63, 3.8) is 0 Å². The van der Waals surface area contributed by atoms with E-state index in [1.54, 1.807) is 0 Å². The number of carbonyl (C=O) groups is 2. The first-order valence-corrected chi connectivity index (χ1v) is 10.3. The van der Waals surface area contributed by atoms with E-state index in [0.717, 1.165) is 30.3 Å². The molecule has 2 aromatic carbocycles. The molecule has 0 bridgehead atoms. The van der Waals surface area contributed by atoms with Crippen molar-refractivity contribution in [2.24, 2.45) is 0 Å². The van der Waals surface area contributed by atoms with Crippen LogP contribution in [0.15, 0.2) is 48.5 Å². The minimum absolute atomic E-state index is 0.134. The van der Waals surface area contributed by atoms with Crippen molar-refractivity contribution in [3.05, 3.63) is 71.0 Å². The normalized spacial score (nSPS) is 16.5. The van der Waals surface area contributed by atoms with Gasteiger partial charge in [0.2, 0.25) is 0 Å². The number of alkyl halides is 3. The lowest BCUT2D eigenvalue weighted by Gasteiger charge is -2.36. The fraction of sp³-hybridized carbons (Fsp3) is 0.391. The summed E-state index contributed by atoms with van der Waals surface area (Å²) in [6, 6.07) is 9.37. The van der Waals surface area contributed by atoms with Gasteiger partial charge < -0.3 is 19.3 Å². The third-order valence-corrected chi connectivity index (χ3v) is 5.23. The zero-order chi connectivity index (χ0) is 24.0. The van der Waals surface area contributed by atoms with E-state index in [1.165, 1.54) is 35.1 Å². The zero-order valence-corrected chi connectivity index (χ0v) is 18.0. The Balaban J connectivity index is 1.68. The Labute approximate surface area is 188 Å². The second kappa shape index (κ2) is 10.8. The summed E-state index contributed by atoms with van der Waals surface area (Å²) in [7, 11) is 1.49. The predicted octanol–water partition coefficient (Wildman–Crippen LogP) is 3.47. The highest BCUT2D eigenvalue weighted by Gasteiger charge is 2.31. The number of nitrogens with zero attached hydrogens (tertiary/aromatic N) is 2. The van der Waals surface area contributed by atoms with Crippen LogP contribution in [0.5, 0.6) is 0 Å². The maximum atomic E-state index is 13.6. The van der Waals surface area contributed by atoms with Crippen molar-refractivity contribution in [1.82, 2.24) is 9.80 Å². The summed E-state index contributed by atoms with van der Waals surface area (Å²) in [5.74, 6) is -1.35. The molecule has 0 radical (unpaired) electrons. The maximum absolute atomic E-state index is 13.6. The monoisotopic (exact) mass is 468 g/mol. The molecule has 1 aliphatic rings. The second-order valence-electron chi connectivity index (χ2n) is 7.57. The van der Waals surface area contributed by atoms with E-state index in [-0.39, 0.29) is 50.5 Å². The van der Waals surface area contributed by atoms with Crippen molar-refractivity contribution < 1.29 is 36.6 Å². The van der Waals surface area contributed by atoms with Crippen LogP contribution in [-0.4, -0.2) is 74.2 Å². The minimum atomic E-state index is -4.48. The molecule has 2 aromatic rings. The van der Waals surface area contributed by atoms with Crippen LogP contribution >= 0.6 is 0 Å². The minimum Gasteiger partial charge on any atom is -0.383 e. The van der Waals surface area contributed by atoms with Gasteiger partial charge in [-0.15, -0.1) is 0 Å². The van der Waals surface area contributed by atoms with Crippen LogP contribution in [0.2, 0.25) is 0 Å². The van der Waals surface area contributed by atoms with Gasteiger partial charge in [-0.1, -0.05) is 6.07 Å². The smallest absolute Gasteiger partial charge is 0.383 e. The molecule has 3 rings (SSSR count). The fourth-order valence-corrected chi connectivity index (χ4v) is 3.53. The highest BCUT2D eigenvalue weighted by atomic mass is 19.4. The van der Waals surface area contributed by atoms with Crippen LogP contribution in [0.4, 0.5) is 17.6 Å². The molecule has 0 spiro atoms. The number of carbonyl (C=O) groups excluding carboxylic acids is 2. The Hall–Kier alpha value is -2.98. The quantitative estimate of drug-likeness (QED) is 0.584. The first kappa shape index (κ1) is 24.7. The molecule has 178 valence electrons. The Morgan fingerprint density at radius 2 is 1.88 bits per heavy atom. The molecule has 6 nitrogen and oxygen atoms in total. The van der Waals surface area contributed by atoms with Crippen LogP contribution in [0.1, 0.15) is 26.3 Å². The van der Waals surface area contributed by atoms with Crippen LogP contribution in [0.3, 0.4) is 0 Å². The van der Waals surface area contributed by atoms with Gasteiger partial charge in [0, 0.05) is 44.4 Å². The highest BCUT2D eigenvalue weighted by molar-refractivity contribution is 5.95. The molecule has 0 N–H and O–H groups in total. The molecule has 10 heteroatoms. The van der Waals surface area contributed by atoms with Gasteiger partial charge >= 0.3 is 6.18 Å². The lowest BCUT2D eigenvalue weighted by molar-refractivity contribution is -0.137. The number of ether oxygens (including phenoxy) is 2. The van der Waals surface area contributed by atoms with Crippen molar-refractivity contribution in [2.45, 2.75) is 12.3 Å². The molecule has 1 aliphatic heterocycles. The van der Waals surface area contributed by atoms with Gasteiger partial charge in [0.05, 0.1) is 24.9 Å². The van der Waals surface area contributed by atoms with Crippen molar-refractivity contribution >= 4 is 11.8 Å². The number of methoxy groups -OCH3 is 1. The number of benzene rings is 2. The van der Waals surface area contributed by atoms with Gasteiger partial charge in [0.15, 0.2) is 0 Å². The Bertz CT molecular complexity index is 966. The third kappa shape index (κ3) is 6.52. The molecule has 0 aromatic heterocycles. The summed E-state index contributed by atoms with van der Waals surface area (Å²) in [6.07, 6.45) is -5.00. The number of amides is 2. The number of hydrogen-bond acceptors (Lipinski definition) is 4. The van der Waals surface area contributed by atoms with E-state index >= 15 is 0 Å².